The second kappa shape index (κ2) is 8.24. The van der Waals surface area contributed by atoms with Gasteiger partial charge in [-0.15, -0.1) is 0 Å². The van der Waals surface area contributed by atoms with E-state index in [0.717, 1.165) is 12.1 Å². The van der Waals surface area contributed by atoms with Crippen molar-refractivity contribution in [2.45, 2.75) is 6.42 Å². The minimum absolute atomic E-state index is 0.142. The Labute approximate surface area is 143 Å². The molecule has 0 saturated carbocycles. The van der Waals surface area contributed by atoms with Crippen molar-refractivity contribution in [3.8, 4) is 11.5 Å². The van der Waals surface area contributed by atoms with Crippen LogP contribution in [0.3, 0.4) is 0 Å². The molecule has 0 spiro atoms. The van der Waals surface area contributed by atoms with E-state index >= 15 is 0 Å². The Morgan fingerprint density at radius 2 is 1.58 bits per heavy atom. The molecule has 2 rings (SSSR count). The van der Waals surface area contributed by atoms with Crippen LogP contribution in [0.2, 0.25) is 0 Å². The monoisotopic (exact) mass is 328 g/mol. The zero-order valence-electron chi connectivity index (χ0n) is 14.6. The largest absolute Gasteiger partial charge is 0.497 e. The standard InChI is InChI=1S/C19H24N2O3/c1-21(2)16-7-5-14(6-8-16)9-10-20-19(22)15-11-17(23-3)13-18(12-15)24-4/h5-8,11-13H,9-10H2,1-4H3,(H,20,22). The first kappa shape index (κ1) is 17.7. The highest BCUT2D eigenvalue weighted by Gasteiger charge is 2.09. The number of carbonyl (C=O) groups excluding carboxylic acids is 1. The van der Waals surface area contributed by atoms with Crippen LogP contribution in [0.15, 0.2) is 42.5 Å². The molecule has 0 radical (unpaired) electrons. The lowest BCUT2D eigenvalue weighted by Gasteiger charge is -2.13. The minimum atomic E-state index is -0.142. The van der Waals surface area contributed by atoms with Crippen molar-refractivity contribution < 1.29 is 14.3 Å². The highest BCUT2D eigenvalue weighted by Crippen LogP contribution is 2.22. The number of hydrogen-bond donors (Lipinski definition) is 1. The molecule has 0 bridgehead atoms. The van der Waals surface area contributed by atoms with Crippen molar-refractivity contribution in [2.24, 2.45) is 0 Å². The average Bonchev–Trinajstić information content (AvgIpc) is 2.61. The zero-order chi connectivity index (χ0) is 17.5. The third-order valence-corrected chi connectivity index (χ3v) is 3.77. The molecule has 128 valence electrons. The summed E-state index contributed by atoms with van der Waals surface area (Å²) in [4.78, 5) is 14.3. The van der Waals surface area contributed by atoms with Crippen molar-refractivity contribution in [2.75, 3.05) is 39.8 Å². The van der Waals surface area contributed by atoms with Crippen molar-refractivity contribution in [1.82, 2.24) is 5.32 Å². The summed E-state index contributed by atoms with van der Waals surface area (Å²) in [5.74, 6) is 1.05. The summed E-state index contributed by atoms with van der Waals surface area (Å²) >= 11 is 0. The first-order valence-corrected chi connectivity index (χ1v) is 7.81. The Morgan fingerprint density at radius 3 is 2.08 bits per heavy atom. The first-order chi connectivity index (χ1) is 11.5. The maximum Gasteiger partial charge on any atom is 0.251 e. The fourth-order valence-corrected chi connectivity index (χ4v) is 2.32. The van der Waals surface area contributed by atoms with Crippen LogP contribution in [-0.2, 0) is 6.42 Å². The molecule has 0 aliphatic carbocycles. The van der Waals surface area contributed by atoms with E-state index in [1.807, 2.05) is 14.1 Å². The summed E-state index contributed by atoms with van der Waals surface area (Å²) in [7, 11) is 7.15. The summed E-state index contributed by atoms with van der Waals surface area (Å²) in [6.07, 6.45) is 0.778. The highest BCUT2D eigenvalue weighted by atomic mass is 16.5. The summed E-state index contributed by atoms with van der Waals surface area (Å²) < 4.78 is 10.4. The fraction of sp³-hybridized carbons (Fsp3) is 0.316. The third-order valence-electron chi connectivity index (χ3n) is 3.77. The lowest BCUT2D eigenvalue weighted by Crippen LogP contribution is -2.25. The molecule has 2 aromatic carbocycles. The lowest BCUT2D eigenvalue weighted by atomic mass is 10.1. The van der Waals surface area contributed by atoms with Crippen LogP contribution >= 0.6 is 0 Å². The van der Waals surface area contributed by atoms with Gasteiger partial charge >= 0.3 is 0 Å². The molecule has 0 atom stereocenters. The van der Waals surface area contributed by atoms with Gasteiger partial charge in [0.05, 0.1) is 14.2 Å². The molecule has 24 heavy (non-hydrogen) atoms. The molecular formula is C19H24N2O3. The Hall–Kier alpha value is -2.69. The van der Waals surface area contributed by atoms with Gasteiger partial charge in [-0.1, -0.05) is 12.1 Å². The van der Waals surface area contributed by atoms with Crippen LogP contribution in [0.5, 0.6) is 11.5 Å². The van der Waals surface area contributed by atoms with Gasteiger partial charge in [-0.05, 0) is 36.2 Å². The van der Waals surface area contributed by atoms with Crippen LogP contribution in [0.25, 0.3) is 0 Å². The number of methoxy groups -OCH3 is 2. The van der Waals surface area contributed by atoms with Gasteiger partial charge in [0, 0.05) is 38.0 Å². The summed E-state index contributed by atoms with van der Waals surface area (Å²) in [6, 6.07) is 13.4. The second-order valence-electron chi connectivity index (χ2n) is 5.67. The van der Waals surface area contributed by atoms with E-state index in [4.69, 9.17) is 9.47 Å². The van der Waals surface area contributed by atoms with Gasteiger partial charge in [-0.3, -0.25) is 4.79 Å². The number of benzene rings is 2. The average molecular weight is 328 g/mol. The number of anilines is 1. The number of ether oxygens (including phenoxy) is 2. The normalized spacial score (nSPS) is 10.2. The Morgan fingerprint density at radius 1 is 1.00 bits per heavy atom. The Bertz CT molecular complexity index is 659. The second-order valence-corrected chi connectivity index (χ2v) is 5.67. The van der Waals surface area contributed by atoms with Gasteiger partial charge in [0.15, 0.2) is 0 Å². The fourth-order valence-electron chi connectivity index (χ4n) is 2.32. The smallest absolute Gasteiger partial charge is 0.251 e. The molecule has 1 N–H and O–H groups in total. The van der Waals surface area contributed by atoms with Crippen LogP contribution in [0.1, 0.15) is 15.9 Å². The van der Waals surface area contributed by atoms with Crippen molar-refractivity contribution in [3.63, 3.8) is 0 Å². The molecule has 5 nitrogen and oxygen atoms in total. The number of hydrogen-bond acceptors (Lipinski definition) is 4. The van der Waals surface area contributed by atoms with Crippen molar-refractivity contribution in [1.29, 1.82) is 0 Å². The molecule has 0 unspecified atom stereocenters. The summed E-state index contributed by atoms with van der Waals surface area (Å²) in [5.41, 5.74) is 2.87. The van der Waals surface area contributed by atoms with E-state index in [0.29, 0.717) is 23.6 Å². The molecule has 0 aromatic heterocycles. The van der Waals surface area contributed by atoms with Crippen LogP contribution < -0.4 is 19.7 Å². The van der Waals surface area contributed by atoms with Gasteiger partial charge in [0.1, 0.15) is 11.5 Å². The molecule has 0 aliphatic heterocycles. The zero-order valence-corrected chi connectivity index (χ0v) is 14.6. The lowest BCUT2D eigenvalue weighted by molar-refractivity contribution is 0.0953. The first-order valence-electron chi connectivity index (χ1n) is 7.81. The van der Waals surface area contributed by atoms with E-state index in [9.17, 15) is 4.79 Å². The molecule has 0 saturated heterocycles. The van der Waals surface area contributed by atoms with E-state index in [-0.39, 0.29) is 5.91 Å². The van der Waals surface area contributed by atoms with Gasteiger partial charge in [0.25, 0.3) is 5.91 Å². The van der Waals surface area contributed by atoms with E-state index in [1.54, 1.807) is 32.4 Å². The van der Waals surface area contributed by atoms with Crippen molar-refractivity contribution in [3.05, 3.63) is 53.6 Å². The van der Waals surface area contributed by atoms with E-state index in [2.05, 4.69) is 34.5 Å². The summed E-state index contributed by atoms with van der Waals surface area (Å²) in [5, 5.41) is 2.93. The number of carbonyl (C=O) groups is 1. The Balaban J connectivity index is 1.93. The van der Waals surface area contributed by atoms with Gasteiger partial charge in [0.2, 0.25) is 0 Å². The Kier molecular flexibility index (Phi) is 6.07. The quantitative estimate of drug-likeness (QED) is 0.849. The number of amides is 1. The number of nitrogens with one attached hydrogen (secondary N) is 1. The molecular weight excluding hydrogens is 304 g/mol. The van der Waals surface area contributed by atoms with Crippen molar-refractivity contribution >= 4 is 11.6 Å². The highest BCUT2D eigenvalue weighted by molar-refractivity contribution is 5.95. The molecule has 0 aliphatic rings. The molecule has 0 heterocycles. The number of nitrogens with zero attached hydrogens (tertiary/aromatic N) is 1. The number of rotatable bonds is 7. The van der Waals surface area contributed by atoms with Crippen LogP contribution in [0, 0.1) is 0 Å². The van der Waals surface area contributed by atoms with E-state index in [1.165, 1.54) is 5.56 Å². The molecule has 0 fully saturated rings. The van der Waals surface area contributed by atoms with Gasteiger partial charge in [-0.2, -0.15) is 0 Å². The summed E-state index contributed by atoms with van der Waals surface area (Å²) in [6.45, 7) is 0.569. The maximum absolute atomic E-state index is 12.3. The van der Waals surface area contributed by atoms with E-state index < -0.39 is 0 Å². The van der Waals surface area contributed by atoms with Crippen LogP contribution in [0.4, 0.5) is 5.69 Å². The minimum Gasteiger partial charge on any atom is -0.497 e. The topological polar surface area (TPSA) is 50.8 Å². The molecule has 1 amide bonds. The third kappa shape index (κ3) is 4.65. The predicted molar refractivity (Wildman–Crippen MR) is 96.4 cm³/mol. The molecule has 5 heteroatoms. The van der Waals surface area contributed by atoms with Gasteiger partial charge < -0.3 is 19.7 Å². The predicted octanol–water partition coefficient (Wildman–Crippen LogP) is 2.74. The SMILES string of the molecule is COc1cc(OC)cc(C(=O)NCCc2ccc(N(C)C)cc2)c1. The molecule has 2 aromatic rings. The maximum atomic E-state index is 12.3. The van der Waals surface area contributed by atoms with Gasteiger partial charge in [-0.25, -0.2) is 0 Å². The van der Waals surface area contributed by atoms with Crippen LogP contribution in [-0.4, -0.2) is 40.8 Å².